The summed E-state index contributed by atoms with van der Waals surface area (Å²) < 4.78 is 0. The lowest BCUT2D eigenvalue weighted by atomic mass is 9.98. The molecule has 1 unspecified atom stereocenters. The van der Waals surface area contributed by atoms with Gasteiger partial charge in [0.05, 0.1) is 0 Å². The van der Waals surface area contributed by atoms with Crippen LogP contribution in [0.3, 0.4) is 0 Å². The second-order valence-electron chi connectivity index (χ2n) is 4.27. The van der Waals surface area contributed by atoms with Gasteiger partial charge in [0.2, 0.25) is 11.8 Å². The molecule has 13 heavy (non-hydrogen) atoms. The van der Waals surface area contributed by atoms with Crippen LogP contribution in [-0.4, -0.2) is 34.8 Å². The zero-order valence-electron chi connectivity index (χ0n) is 7.96. The van der Waals surface area contributed by atoms with E-state index in [1.165, 1.54) is 0 Å². The summed E-state index contributed by atoms with van der Waals surface area (Å²) >= 11 is 0. The van der Waals surface area contributed by atoms with Gasteiger partial charge in [0, 0.05) is 6.54 Å². The van der Waals surface area contributed by atoms with Crippen molar-refractivity contribution >= 4 is 11.8 Å². The fourth-order valence-electron chi connectivity index (χ4n) is 2.09. The maximum absolute atomic E-state index is 11.8. The molecule has 0 bridgehead atoms. The summed E-state index contributed by atoms with van der Waals surface area (Å²) in [5.74, 6) is 0.0525. The third-order valence-electron chi connectivity index (χ3n) is 2.79. The average molecular weight is 182 g/mol. The molecule has 4 nitrogen and oxygen atoms in total. The van der Waals surface area contributed by atoms with Gasteiger partial charge in [-0.05, 0) is 26.7 Å². The molecule has 0 saturated carbocycles. The number of hydrogen-bond donors (Lipinski definition) is 1. The topological polar surface area (TPSA) is 49.4 Å². The van der Waals surface area contributed by atoms with Gasteiger partial charge in [0.25, 0.3) is 0 Å². The number of fused-ring (bicyclic) bond motifs is 1. The van der Waals surface area contributed by atoms with Crippen molar-refractivity contribution in [3.8, 4) is 0 Å². The predicted octanol–water partition coefficient (Wildman–Crippen LogP) is -0.114. The first-order chi connectivity index (χ1) is 6.02. The monoisotopic (exact) mass is 182 g/mol. The Bertz CT molecular complexity index is 273. The van der Waals surface area contributed by atoms with E-state index in [9.17, 15) is 9.59 Å². The number of hydrogen-bond acceptors (Lipinski definition) is 2. The number of carbonyl (C=O) groups excluding carboxylic acids is 2. The highest BCUT2D eigenvalue weighted by atomic mass is 16.2. The molecule has 0 spiro atoms. The number of nitrogens with zero attached hydrogens (tertiary/aromatic N) is 1. The Morgan fingerprint density at radius 1 is 1.46 bits per heavy atom. The van der Waals surface area contributed by atoms with Gasteiger partial charge < -0.3 is 10.2 Å². The maximum atomic E-state index is 11.8. The van der Waals surface area contributed by atoms with Gasteiger partial charge in [-0.2, -0.15) is 0 Å². The Labute approximate surface area is 77.3 Å². The summed E-state index contributed by atoms with van der Waals surface area (Å²) in [4.78, 5) is 25.0. The molecule has 4 heteroatoms. The highest BCUT2D eigenvalue weighted by molar-refractivity contribution is 5.99. The van der Waals surface area contributed by atoms with Gasteiger partial charge in [0.15, 0.2) is 0 Å². The van der Waals surface area contributed by atoms with E-state index in [0.29, 0.717) is 0 Å². The van der Waals surface area contributed by atoms with Gasteiger partial charge in [-0.3, -0.25) is 9.59 Å². The van der Waals surface area contributed by atoms with Crippen molar-refractivity contribution in [2.24, 2.45) is 0 Å². The molecule has 2 rings (SSSR count). The molecule has 72 valence electrons. The number of amides is 2. The van der Waals surface area contributed by atoms with E-state index in [4.69, 9.17) is 0 Å². The first kappa shape index (κ1) is 8.53. The van der Waals surface area contributed by atoms with Crippen LogP contribution in [0, 0.1) is 0 Å². The second kappa shape index (κ2) is 2.47. The van der Waals surface area contributed by atoms with E-state index in [1.807, 2.05) is 0 Å². The maximum Gasteiger partial charge on any atom is 0.248 e. The van der Waals surface area contributed by atoms with Crippen molar-refractivity contribution in [2.45, 2.75) is 38.3 Å². The Kier molecular flexibility index (Phi) is 1.62. The quantitative estimate of drug-likeness (QED) is 0.568. The van der Waals surface area contributed by atoms with E-state index < -0.39 is 5.54 Å². The first-order valence-electron chi connectivity index (χ1n) is 4.65. The smallest absolute Gasteiger partial charge is 0.248 e. The molecule has 0 aliphatic carbocycles. The van der Waals surface area contributed by atoms with Crippen LogP contribution in [-0.2, 0) is 9.59 Å². The van der Waals surface area contributed by atoms with Crippen molar-refractivity contribution in [1.82, 2.24) is 10.2 Å². The Morgan fingerprint density at radius 3 is 2.85 bits per heavy atom. The standard InChI is InChI=1S/C9H14N2O2/c1-9(2)8(13)11-5-3-4-6(11)7(12)10-9/h6H,3-5H2,1-2H3,(H,10,12). The molecular weight excluding hydrogens is 168 g/mol. The van der Waals surface area contributed by atoms with Crippen LogP contribution in [0.4, 0.5) is 0 Å². The molecule has 2 heterocycles. The third-order valence-corrected chi connectivity index (χ3v) is 2.79. The number of rotatable bonds is 0. The number of nitrogens with one attached hydrogen (secondary N) is 1. The molecule has 1 atom stereocenters. The lowest BCUT2D eigenvalue weighted by molar-refractivity contribution is -0.151. The predicted molar refractivity (Wildman–Crippen MR) is 47.0 cm³/mol. The summed E-state index contributed by atoms with van der Waals surface area (Å²) in [5, 5.41) is 2.75. The van der Waals surface area contributed by atoms with Crippen molar-refractivity contribution < 1.29 is 9.59 Å². The molecule has 2 fully saturated rings. The first-order valence-corrected chi connectivity index (χ1v) is 4.65. The van der Waals surface area contributed by atoms with Crippen LogP contribution in [0.15, 0.2) is 0 Å². The van der Waals surface area contributed by atoms with Crippen LogP contribution in [0.2, 0.25) is 0 Å². The van der Waals surface area contributed by atoms with Crippen molar-refractivity contribution in [3.63, 3.8) is 0 Å². The molecule has 0 aromatic heterocycles. The van der Waals surface area contributed by atoms with Gasteiger partial charge in [0.1, 0.15) is 11.6 Å². The van der Waals surface area contributed by atoms with Crippen molar-refractivity contribution in [3.05, 3.63) is 0 Å². The molecule has 2 amide bonds. The minimum absolute atomic E-state index is 0.00194. The minimum atomic E-state index is -0.710. The summed E-state index contributed by atoms with van der Waals surface area (Å²) in [6.07, 6.45) is 1.76. The molecule has 2 aliphatic heterocycles. The lowest BCUT2D eigenvalue weighted by Crippen LogP contribution is -2.66. The van der Waals surface area contributed by atoms with Gasteiger partial charge in [-0.1, -0.05) is 0 Å². The van der Waals surface area contributed by atoms with Crippen LogP contribution in [0.25, 0.3) is 0 Å². The van der Waals surface area contributed by atoms with Gasteiger partial charge in [-0.15, -0.1) is 0 Å². The Hall–Kier alpha value is -1.06. The highest BCUT2D eigenvalue weighted by Gasteiger charge is 2.46. The number of piperazine rings is 1. The lowest BCUT2D eigenvalue weighted by Gasteiger charge is -2.39. The van der Waals surface area contributed by atoms with E-state index >= 15 is 0 Å². The second-order valence-corrected chi connectivity index (χ2v) is 4.27. The minimum Gasteiger partial charge on any atom is -0.340 e. The van der Waals surface area contributed by atoms with Gasteiger partial charge in [-0.25, -0.2) is 0 Å². The third kappa shape index (κ3) is 1.12. The van der Waals surface area contributed by atoms with E-state index in [0.717, 1.165) is 19.4 Å². The molecule has 0 aromatic rings. The van der Waals surface area contributed by atoms with E-state index in [1.54, 1.807) is 18.7 Å². The van der Waals surface area contributed by atoms with E-state index in [-0.39, 0.29) is 17.9 Å². The average Bonchev–Trinajstić information content (AvgIpc) is 2.47. The zero-order chi connectivity index (χ0) is 9.64. The normalized spacial score (nSPS) is 31.5. The van der Waals surface area contributed by atoms with Crippen LogP contribution >= 0.6 is 0 Å². The summed E-state index contributed by atoms with van der Waals surface area (Å²) in [6.45, 7) is 4.24. The van der Waals surface area contributed by atoms with E-state index in [2.05, 4.69) is 5.32 Å². The molecule has 1 N–H and O–H groups in total. The molecule has 2 saturated heterocycles. The summed E-state index contributed by atoms with van der Waals surface area (Å²) in [5.41, 5.74) is -0.710. The molecular formula is C9H14N2O2. The summed E-state index contributed by atoms with van der Waals surface area (Å²) in [6, 6.07) is -0.194. The Balaban J connectivity index is 2.30. The Morgan fingerprint density at radius 2 is 2.15 bits per heavy atom. The van der Waals surface area contributed by atoms with Crippen molar-refractivity contribution in [2.75, 3.05) is 6.54 Å². The molecule has 2 aliphatic rings. The van der Waals surface area contributed by atoms with Crippen LogP contribution in [0.1, 0.15) is 26.7 Å². The van der Waals surface area contributed by atoms with Crippen LogP contribution in [0.5, 0.6) is 0 Å². The molecule has 0 aromatic carbocycles. The fourth-order valence-corrected chi connectivity index (χ4v) is 2.09. The summed E-state index contributed by atoms with van der Waals surface area (Å²) in [7, 11) is 0. The SMILES string of the molecule is CC1(C)NC(=O)C2CCCN2C1=O. The highest BCUT2D eigenvalue weighted by Crippen LogP contribution is 2.25. The number of carbonyl (C=O) groups is 2. The van der Waals surface area contributed by atoms with Crippen molar-refractivity contribution in [1.29, 1.82) is 0 Å². The van der Waals surface area contributed by atoms with Crippen LogP contribution < -0.4 is 5.32 Å². The zero-order valence-corrected chi connectivity index (χ0v) is 7.96. The van der Waals surface area contributed by atoms with Gasteiger partial charge >= 0.3 is 0 Å². The fraction of sp³-hybridized carbons (Fsp3) is 0.778. The molecule has 0 radical (unpaired) electrons. The largest absolute Gasteiger partial charge is 0.340 e.